The van der Waals surface area contributed by atoms with E-state index in [1.165, 1.54) is 17.0 Å². The second kappa shape index (κ2) is 5.25. The van der Waals surface area contributed by atoms with Gasteiger partial charge in [-0.1, -0.05) is 12.1 Å². The molecule has 0 aliphatic carbocycles. The lowest BCUT2D eigenvalue weighted by atomic mass is 10.1. The van der Waals surface area contributed by atoms with Crippen LogP contribution < -0.4 is 0 Å². The molecule has 92 valence electrons. The van der Waals surface area contributed by atoms with Crippen LogP contribution >= 0.6 is 0 Å². The Morgan fingerprint density at radius 2 is 2.29 bits per heavy atom. The molecule has 0 aromatic heterocycles. The van der Waals surface area contributed by atoms with Gasteiger partial charge in [-0.2, -0.15) is 0 Å². The zero-order valence-corrected chi connectivity index (χ0v) is 9.30. The molecule has 2 rings (SSSR count). The van der Waals surface area contributed by atoms with Crippen molar-refractivity contribution < 1.29 is 19.0 Å². The summed E-state index contributed by atoms with van der Waals surface area (Å²) in [6, 6.07) is 5.89. The Balaban J connectivity index is 2.12. The average molecular weight is 239 g/mol. The highest BCUT2D eigenvalue weighted by Crippen LogP contribution is 2.13. The Morgan fingerprint density at radius 1 is 1.53 bits per heavy atom. The average Bonchev–Trinajstić information content (AvgIpc) is 2.38. The molecule has 1 atom stereocenters. The Bertz CT molecular complexity index is 410. The molecule has 1 aliphatic rings. The largest absolute Gasteiger partial charge is 0.394 e. The number of aliphatic hydroxyl groups excluding tert-OH is 1. The van der Waals surface area contributed by atoms with Crippen LogP contribution in [0.25, 0.3) is 0 Å². The lowest BCUT2D eigenvalue weighted by molar-refractivity contribution is -0.0448. The smallest absolute Gasteiger partial charge is 0.256 e. The van der Waals surface area contributed by atoms with Gasteiger partial charge in [-0.05, 0) is 12.1 Å². The standard InChI is InChI=1S/C12H14FNO3/c13-11-4-2-1-3-10(11)12(16)14-5-6-17-9(7-14)8-15/h1-4,9,15H,5-8H2. The molecule has 0 radical (unpaired) electrons. The van der Waals surface area contributed by atoms with E-state index in [0.29, 0.717) is 19.7 Å². The molecule has 5 heteroatoms. The van der Waals surface area contributed by atoms with Gasteiger partial charge in [0.2, 0.25) is 0 Å². The van der Waals surface area contributed by atoms with Crippen molar-refractivity contribution in [1.82, 2.24) is 4.90 Å². The van der Waals surface area contributed by atoms with E-state index in [4.69, 9.17) is 9.84 Å². The number of amides is 1. The predicted molar refractivity (Wildman–Crippen MR) is 59.1 cm³/mol. The van der Waals surface area contributed by atoms with Crippen LogP contribution in [0.3, 0.4) is 0 Å². The van der Waals surface area contributed by atoms with Gasteiger partial charge in [-0.25, -0.2) is 4.39 Å². The maximum atomic E-state index is 13.4. The van der Waals surface area contributed by atoms with Crippen molar-refractivity contribution in [3.05, 3.63) is 35.6 Å². The van der Waals surface area contributed by atoms with Crippen LogP contribution in [0.15, 0.2) is 24.3 Å². The van der Waals surface area contributed by atoms with Crippen molar-refractivity contribution in [1.29, 1.82) is 0 Å². The van der Waals surface area contributed by atoms with Crippen molar-refractivity contribution in [3.63, 3.8) is 0 Å². The minimum Gasteiger partial charge on any atom is -0.394 e. The van der Waals surface area contributed by atoms with Crippen molar-refractivity contribution in [2.24, 2.45) is 0 Å². The predicted octanol–water partition coefficient (Wildman–Crippen LogP) is 0.659. The number of rotatable bonds is 2. The van der Waals surface area contributed by atoms with Crippen molar-refractivity contribution in [3.8, 4) is 0 Å². The zero-order valence-electron chi connectivity index (χ0n) is 9.30. The molecule has 1 fully saturated rings. The molecule has 0 spiro atoms. The Kier molecular flexibility index (Phi) is 3.71. The number of ether oxygens (including phenoxy) is 1. The number of aliphatic hydroxyl groups is 1. The Labute approximate surface area is 98.6 Å². The third kappa shape index (κ3) is 2.62. The van der Waals surface area contributed by atoms with Gasteiger partial charge in [0.15, 0.2) is 0 Å². The molecule has 1 aromatic rings. The van der Waals surface area contributed by atoms with Crippen LogP contribution in [0.2, 0.25) is 0 Å². The van der Waals surface area contributed by atoms with Gasteiger partial charge in [0, 0.05) is 13.1 Å². The molecule has 1 heterocycles. The van der Waals surface area contributed by atoms with E-state index < -0.39 is 5.82 Å². The van der Waals surface area contributed by atoms with Crippen molar-refractivity contribution in [2.75, 3.05) is 26.3 Å². The number of nitrogens with zero attached hydrogens (tertiary/aromatic N) is 1. The molecule has 0 saturated carbocycles. The molecular weight excluding hydrogens is 225 g/mol. The second-order valence-corrected chi connectivity index (χ2v) is 3.91. The van der Waals surface area contributed by atoms with E-state index in [1.54, 1.807) is 12.1 Å². The molecular formula is C12H14FNO3. The highest BCUT2D eigenvalue weighted by atomic mass is 19.1. The van der Waals surface area contributed by atoms with E-state index in [-0.39, 0.29) is 24.2 Å². The van der Waals surface area contributed by atoms with Gasteiger partial charge < -0.3 is 14.7 Å². The maximum absolute atomic E-state index is 13.4. The summed E-state index contributed by atoms with van der Waals surface area (Å²) < 4.78 is 18.7. The lowest BCUT2D eigenvalue weighted by Crippen LogP contribution is -2.47. The minimum absolute atomic E-state index is 0.0612. The highest BCUT2D eigenvalue weighted by Gasteiger charge is 2.25. The second-order valence-electron chi connectivity index (χ2n) is 3.91. The lowest BCUT2D eigenvalue weighted by Gasteiger charge is -2.32. The highest BCUT2D eigenvalue weighted by molar-refractivity contribution is 5.94. The van der Waals surface area contributed by atoms with E-state index in [1.807, 2.05) is 0 Å². The van der Waals surface area contributed by atoms with Gasteiger partial charge >= 0.3 is 0 Å². The molecule has 0 bridgehead atoms. The molecule has 1 N–H and O–H groups in total. The summed E-state index contributed by atoms with van der Waals surface area (Å²) in [4.78, 5) is 13.5. The summed E-state index contributed by atoms with van der Waals surface area (Å²) in [5.74, 6) is -0.880. The summed E-state index contributed by atoms with van der Waals surface area (Å²) in [6.07, 6.45) is -0.375. The number of halogens is 1. The van der Waals surface area contributed by atoms with E-state index in [0.717, 1.165) is 0 Å². The van der Waals surface area contributed by atoms with Crippen molar-refractivity contribution >= 4 is 5.91 Å². The fraction of sp³-hybridized carbons (Fsp3) is 0.417. The minimum atomic E-state index is -0.524. The fourth-order valence-corrected chi connectivity index (χ4v) is 1.82. The summed E-state index contributed by atoms with van der Waals surface area (Å²) in [6.45, 7) is 0.944. The van der Waals surface area contributed by atoms with Crippen LogP contribution in [-0.2, 0) is 4.74 Å². The van der Waals surface area contributed by atoms with Gasteiger partial charge in [-0.3, -0.25) is 4.79 Å². The third-order valence-corrected chi connectivity index (χ3v) is 2.73. The number of carbonyl (C=O) groups excluding carboxylic acids is 1. The first-order chi connectivity index (χ1) is 8.22. The molecule has 1 amide bonds. The number of carbonyl (C=O) groups is 1. The van der Waals surface area contributed by atoms with Crippen LogP contribution in [0.5, 0.6) is 0 Å². The van der Waals surface area contributed by atoms with Crippen molar-refractivity contribution in [2.45, 2.75) is 6.10 Å². The number of hydrogen-bond acceptors (Lipinski definition) is 3. The topological polar surface area (TPSA) is 49.8 Å². The van der Waals surface area contributed by atoms with Gasteiger partial charge in [0.1, 0.15) is 5.82 Å². The van der Waals surface area contributed by atoms with Crippen LogP contribution in [0.4, 0.5) is 4.39 Å². The first-order valence-electron chi connectivity index (χ1n) is 5.48. The monoisotopic (exact) mass is 239 g/mol. The number of hydrogen-bond donors (Lipinski definition) is 1. The summed E-state index contributed by atoms with van der Waals surface area (Å²) >= 11 is 0. The quantitative estimate of drug-likeness (QED) is 0.824. The Hall–Kier alpha value is -1.46. The summed E-state index contributed by atoms with van der Waals surface area (Å²) in [5.41, 5.74) is 0.0612. The molecule has 1 unspecified atom stereocenters. The van der Waals surface area contributed by atoms with Crippen LogP contribution in [0, 0.1) is 5.82 Å². The zero-order chi connectivity index (χ0) is 12.3. The molecule has 1 saturated heterocycles. The summed E-state index contributed by atoms with van der Waals surface area (Å²) in [7, 11) is 0. The third-order valence-electron chi connectivity index (χ3n) is 2.73. The maximum Gasteiger partial charge on any atom is 0.256 e. The van der Waals surface area contributed by atoms with Gasteiger partial charge in [-0.15, -0.1) is 0 Å². The Morgan fingerprint density at radius 3 is 3.00 bits per heavy atom. The SMILES string of the molecule is O=C(c1ccccc1F)N1CCOC(CO)C1. The first kappa shape index (κ1) is 12.0. The first-order valence-corrected chi connectivity index (χ1v) is 5.48. The van der Waals surface area contributed by atoms with E-state index in [9.17, 15) is 9.18 Å². The molecule has 17 heavy (non-hydrogen) atoms. The van der Waals surface area contributed by atoms with Gasteiger partial charge in [0.25, 0.3) is 5.91 Å². The van der Waals surface area contributed by atoms with Gasteiger partial charge in [0.05, 0.1) is 24.9 Å². The van der Waals surface area contributed by atoms with E-state index in [2.05, 4.69) is 0 Å². The number of morpholine rings is 1. The number of benzene rings is 1. The van der Waals surface area contributed by atoms with Crippen LogP contribution in [0.1, 0.15) is 10.4 Å². The molecule has 1 aliphatic heterocycles. The van der Waals surface area contributed by atoms with Crippen LogP contribution in [-0.4, -0.2) is 48.3 Å². The van der Waals surface area contributed by atoms with E-state index >= 15 is 0 Å². The normalized spacial score (nSPS) is 20.4. The fourth-order valence-electron chi connectivity index (χ4n) is 1.82. The molecule has 4 nitrogen and oxygen atoms in total. The summed E-state index contributed by atoms with van der Waals surface area (Å²) in [5, 5.41) is 8.98. The molecule has 1 aromatic carbocycles.